The first-order chi connectivity index (χ1) is 11.1. The number of nitrogens with one attached hydrogen (secondary N) is 1. The molecular weight excluding hydrogens is 330 g/mol. The summed E-state index contributed by atoms with van der Waals surface area (Å²) in [4.78, 5) is 12.3. The van der Waals surface area contributed by atoms with Gasteiger partial charge >= 0.3 is 0 Å². The van der Waals surface area contributed by atoms with Crippen molar-refractivity contribution in [2.24, 2.45) is 0 Å². The van der Waals surface area contributed by atoms with Gasteiger partial charge in [0, 0.05) is 0 Å². The van der Waals surface area contributed by atoms with Crippen molar-refractivity contribution in [2.45, 2.75) is 32.6 Å². The highest BCUT2D eigenvalue weighted by Gasteiger charge is 2.22. The van der Waals surface area contributed by atoms with Gasteiger partial charge in [0.2, 0.25) is 0 Å². The molecule has 124 valence electrons. The number of carbonyl (C=O) groups excluding carboxylic acids is 1. The van der Waals surface area contributed by atoms with Gasteiger partial charge in [0.05, 0.1) is 18.6 Å². The second kappa shape index (κ2) is 8.93. The van der Waals surface area contributed by atoms with Crippen LogP contribution in [0.15, 0.2) is 23.1 Å². The topological polar surface area (TPSA) is 47.6 Å². The second-order valence-corrected chi connectivity index (χ2v) is 6.89. The number of hydrogen-bond acceptors (Lipinski definition) is 5. The summed E-state index contributed by atoms with van der Waals surface area (Å²) in [6.07, 6.45) is 6.45. The van der Waals surface area contributed by atoms with E-state index in [1.807, 2.05) is 18.2 Å². The van der Waals surface area contributed by atoms with Crippen LogP contribution in [0, 0.1) is 0 Å². The Hall–Kier alpha value is -1.53. The van der Waals surface area contributed by atoms with E-state index in [1.54, 1.807) is 13.2 Å². The molecule has 23 heavy (non-hydrogen) atoms. The summed E-state index contributed by atoms with van der Waals surface area (Å²) in [6, 6.07) is 5.65. The van der Waals surface area contributed by atoms with Crippen molar-refractivity contribution in [3.05, 3.63) is 28.7 Å². The van der Waals surface area contributed by atoms with Crippen LogP contribution in [0.25, 0.3) is 6.08 Å². The summed E-state index contributed by atoms with van der Waals surface area (Å²) >= 11 is 6.25. The lowest BCUT2D eigenvalue weighted by molar-refractivity contribution is -0.115. The fraction of sp³-hybridized carbons (Fsp3) is 0.412. The van der Waals surface area contributed by atoms with Crippen LogP contribution in [0.3, 0.4) is 0 Å². The summed E-state index contributed by atoms with van der Waals surface area (Å²) in [7, 11) is 1.61. The van der Waals surface area contributed by atoms with Gasteiger partial charge in [-0.2, -0.15) is 0 Å². The highest BCUT2D eigenvalue weighted by molar-refractivity contribution is 8.26. The average Bonchev–Trinajstić information content (AvgIpc) is 2.85. The van der Waals surface area contributed by atoms with E-state index in [-0.39, 0.29) is 5.91 Å². The Kier molecular flexibility index (Phi) is 6.92. The van der Waals surface area contributed by atoms with Crippen LogP contribution in [-0.2, 0) is 4.79 Å². The number of carbonyl (C=O) groups is 1. The highest BCUT2D eigenvalue weighted by atomic mass is 32.2. The number of thioether (sulfide) groups is 1. The van der Waals surface area contributed by atoms with Crippen LogP contribution in [0.1, 0.15) is 38.2 Å². The molecule has 1 aromatic rings. The maximum atomic E-state index is 11.7. The molecular formula is C17H21NO3S2. The Morgan fingerprint density at radius 1 is 1.26 bits per heavy atom. The molecule has 0 bridgehead atoms. The number of thiocarbonyl (C=S) groups is 1. The largest absolute Gasteiger partial charge is 0.493 e. The van der Waals surface area contributed by atoms with Crippen molar-refractivity contribution < 1.29 is 14.3 Å². The van der Waals surface area contributed by atoms with Crippen LogP contribution < -0.4 is 14.8 Å². The zero-order chi connectivity index (χ0) is 16.7. The molecule has 1 N–H and O–H groups in total. The molecule has 0 atom stereocenters. The molecule has 1 fully saturated rings. The lowest BCUT2D eigenvalue weighted by Gasteiger charge is -2.11. The molecule has 0 spiro atoms. The van der Waals surface area contributed by atoms with Gasteiger partial charge in [0.25, 0.3) is 5.91 Å². The summed E-state index contributed by atoms with van der Waals surface area (Å²) in [5.41, 5.74) is 0.877. The maximum Gasteiger partial charge on any atom is 0.263 e. The van der Waals surface area contributed by atoms with Gasteiger partial charge in [0.15, 0.2) is 11.5 Å². The SMILES string of the molecule is CCCCCCOc1ccc(/C=C2\SC(=S)NC2=O)cc1OC. The normalized spacial score (nSPS) is 15.8. The standard InChI is InChI=1S/C17H21NO3S2/c1-3-4-5-6-9-21-13-8-7-12(10-14(13)20-2)11-15-16(19)18-17(22)23-15/h7-8,10-11H,3-6,9H2,1-2H3,(H,18,19,22)/b15-11-. The third-order valence-corrected chi connectivity index (χ3v) is 4.55. The quantitative estimate of drug-likeness (QED) is 0.433. The van der Waals surface area contributed by atoms with E-state index in [1.165, 1.54) is 31.0 Å². The van der Waals surface area contributed by atoms with Crippen LogP contribution >= 0.6 is 24.0 Å². The van der Waals surface area contributed by atoms with E-state index in [9.17, 15) is 4.79 Å². The van der Waals surface area contributed by atoms with Crippen molar-refractivity contribution in [1.29, 1.82) is 0 Å². The average molecular weight is 351 g/mol. The molecule has 4 nitrogen and oxygen atoms in total. The smallest absolute Gasteiger partial charge is 0.263 e. The third kappa shape index (κ3) is 5.25. The van der Waals surface area contributed by atoms with Gasteiger partial charge in [-0.15, -0.1) is 0 Å². The fourth-order valence-corrected chi connectivity index (χ4v) is 3.22. The van der Waals surface area contributed by atoms with Crippen molar-refractivity contribution in [2.75, 3.05) is 13.7 Å². The number of rotatable bonds is 8. The zero-order valence-corrected chi connectivity index (χ0v) is 15.0. The molecule has 1 heterocycles. The van der Waals surface area contributed by atoms with Crippen LogP contribution in [0.2, 0.25) is 0 Å². The summed E-state index contributed by atoms with van der Waals surface area (Å²) in [6.45, 7) is 2.87. The van der Waals surface area contributed by atoms with E-state index in [0.29, 0.717) is 21.6 Å². The Bertz CT molecular complexity index is 614. The van der Waals surface area contributed by atoms with Gasteiger partial charge in [-0.25, -0.2) is 0 Å². The van der Waals surface area contributed by atoms with E-state index in [4.69, 9.17) is 21.7 Å². The van der Waals surface area contributed by atoms with Gasteiger partial charge < -0.3 is 14.8 Å². The number of ether oxygens (including phenoxy) is 2. The fourth-order valence-electron chi connectivity index (χ4n) is 2.18. The van der Waals surface area contributed by atoms with Crippen LogP contribution in [0.5, 0.6) is 11.5 Å². The molecule has 0 aromatic heterocycles. The second-order valence-electron chi connectivity index (χ2n) is 5.17. The Morgan fingerprint density at radius 2 is 2.09 bits per heavy atom. The summed E-state index contributed by atoms with van der Waals surface area (Å²) in [5, 5.41) is 2.60. The summed E-state index contributed by atoms with van der Waals surface area (Å²) in [5.74, 6) is 1.24. The van der Waals surface area contributed by atoms with E-state index in [0.717, 1.165) is 17.7 Å². The molecule has 1 amide bonds. The monoisotopic (exact) mass is 351 g/mol. The summed E-state index contributed by atoms with van der Waals surface area (Å²) < 4.78 is 11.7. The van der Waals surface area contributed by atoms with Crippen molar-refractivity contribution in [3.63, 3.8) is 0 Å². The lowest BCUT2D eigenvalue weighted by atomic mass is 10.2. The molecule has 1 aliphatic heterocycles. The Morgan fingerprint density at radius 3 is 2.74 bits per heavy atom. The first kappa shape index (κ1) is 17.8. The molecule has 1 aliphatic rings. The van der Waals surface area contributed by atoms with Crippen molar-refractivity contribution >= 4 is 40.3 Å². The van der Waals surface area contributed by atoms with Gasteiger partial charge in [-0.1, -0.05) is 56.2 Å². The molecule has 6 heteroatoms. The van der Waals surface area contributed by atoms with Gasteiger partial charge in [0.1, 0.15) is 4.32 Å². The Balaban J connectivity index is 2.03. The van der Waals surface area contributed by atoms with Crippen LogP contribution in [-0.4, -0.2) is 23.9 Å². The minimum absolute atomic E-state index is 0.157. The molecule has 2 rings (SSSR count). The lowest BCUT2D eigenvalue weighted by Crippen LogP contribution is -2.17. The first-order valence-electron chi connectivity index (χ1n) is 7.69. The molecule has 0 unspecified atom stereocenters. The predicted octanol–water partition coefficient (Wildman–Crippen LogP) is 4.14. The minimum atomic E-state index is -0.157. The van der Waals surface area contributed by atoms with Crippen molar-refractivity contribution in [3.8, 4) is 11.5 Å². The van der Waals surface area contributed by atoms with Gasteiger partial charge in [-0.3, -0.25) is 4.79 Å². The van der Waals surface area contributed by atoms with E-state index in [2.05, 4.69) is 12.2 Å². The molecule has 1 aromatic carbocycles. The molecule has 0 saturated carbocycles. The molecule has 0 radical (unpaired) electrons. The predicted molar refractivity (Wildman–Crippen MR) is 98.9 cm³/mol. The molecule has 0 aliphatic carbocycles. The van der Waals surface area contributed by atoms with E-state index >= 15 is 0 Å². The number of unbranched alkanes of at least 4 members (excludes halogenated alkanes) is 3. The third-order valence-electron chi connectivity index (χ3n) is 3.38. The molecule has 1 saturated heterocycles. The maximum absolute atomic E-state index is 11.7. The van der Waals surface area contributed by atoms with Crippen molar-refractivity contribution in [1.82, 2.24) is 5.32 Å². The number of benzene rings is 1. The minimum Gasteiger partial charge on any atom is -0.493 e. The first-order valence-corrected chi connectivity index (χ1v) is 8.92. The van der Waals surface area contributed by atoms with Crippen LogP contribution in [0.4, 0.5) is 0 Å². The highest BCUT2D eigenvalue weighted by Crippen LogP contribution is 2.31. The zero-order valence-electron chi connectivity index (χ0n) is 13.4. The number of hydrogen-bond donors (Lipinski definition) is 1. The number of methoxy groups -OCH3 is 1. The van der Waals surface area contributed by atoms with Gasteiger partial charge in [-0.05, 0) is 30.2 Å². The Labute approximate surface area is 146 Å². The van der Waals surface area contributed by atoms with E-state index < -0.39 is 0 Å². The number of amides is 1.